The van der Waals surface area contributed by atoms with E-state index in [1.807, 2.05) is 12.1 Å². The molecule has 0 saturated heterocycles. The molecule has 1 N–H and O–H groups in total. The molecule has 1 aromatic carbocycles. The number of H-pyrrole nitrogens is 1. The fourth-order valence-corrected chi connectivity index (χ4v) is 3.10. The summed E-state index contributed by atoms with van der Waals surface area (Å²) in [4.78, 5) is 32.3. The van der Waals surface area contributed by atoms with Crippen LogP contribution in [-0.4, -0.2) is 28.3 Å². The van der Waals surface area contributed by atoms with E-state index in [1.165, 1.54) is 11.7 Å². The van der Waals surface area contributed by atoms with Gasteiger partial charge < -0.3 is 14.5 Å². The number of rotatable bonds is 9. The van der Waals surface area contributed by atoms with Crippen LogP contribution in [0.3, 0.4) is 0 Å². The van der Waals surface area contributed by atoms with Crippen LogP contribution < -0.4 is 20.7 Å². The van der Waals surface area contributed by atoms with Gasteiger partial charge in [-0.2, -0.15) is 0 Å². The molecule has 0 aliphatic rings. The average molecular weight is 383 g/mol. The summed E-state index contributed by atoms with van der Waals surface area (Å²) in [6.45, 7) is 2.90. The van der Waals surface area contributed by atoms with E-state index in [4.69, 9.17) is 9.47 Å². The van der Waals surface area contributed by atoms with E-state index in [9.17, 15) is 9.59 Å². The standard InChI is InChI=1S/C21H25N3O4/c1-3-4-5-14-28-19-17(27-2)7-6-16-18(19)23-21(26)24(20(16)25)13-10-15-8-11-22-12-9-15/h6-9,11-12H,3-5,10,13-14H2,1-2H3,(H,23,26). The van der Waals surface area contributed by atoms with Crippen LogP contribution in [0.5, 0.6) is 11.5 Å². The van der Waals surface area contributed by atoms with Gasteiger partial charge >= 0.3 is 5.69 Å². The van der Waals surface area contributed by atoms with Gasteiger partial charge in [0.25, 0.3) is 5.56 Å². The van der Waals surface area contributed by atoms with Crippen LogP contribution in [0.4, 0.5) is 0 Å². The number of nitrogens with one attached hydrogen (secondary N) is 1. The lowest BCUT2D eigenvalue weighted by Gasteiger charge is -2.14. The van der Waals surface area contributed by atoms with Crippen LogP contribution in [0.15, 0.2) is 46.2 Å². The van der Waals surface area contributed by atoms with E-state index >= 15 is 0 Å². The summed E-state index contributed by atoms with van der Waals surface area (Å²) in [5.41, 5.74) is 0.592. The quantitative estimate of drug-likeness (QED) is 0.574. The topological polar surface area (TPSA) is 86.2 Å². The number of fused-ring (bicyclic) bond motifs is 1. The van der Waals surface area contributed by atoms with Crippen molar-refractivity contribution in [1.29, 1.82) is 0 Å². The van der Waals surface area contributed by atoms with E-state index in [0.29, 0.717) is 35.4 Å². The van der Waals surface area contributed by atoms with Gasteiger partial charge in [-0.3, -0.25) is 14.3 Å². The van der Waals surface area contributed by atoms with Gasteiger partial charge in [0.2, 0.25) is 0 Å². The second kappa shape index (κ2) is 9.21. The molecule has 0 radical (unpaired) electrons. The number of aromatic amines is 1. The maximum atomic E-state index is 12.9. The average Bonchev–Trinajstić information content (AvgIpc) is 2.72. The molecule has 0 saturated carbocycles. The molecule has 0 atom stereocenters. The SMILES string of the molecule is CCCCCOc1c(OC)ccc2c(=O)n(CCc3ccncc3)c(=O)[nH]c12. The van der Waals surface area contributed by atoms with Crippen LogP contribution in [0.25, 0.3) is 10.9 Å². The molecule has 0 bridgehead atoms. The third-order valence-corrected chi connectivity index (χ3v) is 4.66. The van der Waals surface area contributed by atoms with Crippen molar-refractivity contribution < 1.29 is 9.47 Å². The molecule has 0 spiro atoms. The van der Waals surface area contributed by atoms with E-state index in [-0.39, 0.29) is 12.1 Å². The van der Waals surface area contributed by atoms with Gasteiger partial charge in [-0.15, -0.1) is 0 Å². The lowest BCUT2D eigenvalue weighted by atomic mass is 10.2. The van der Waals surface area contributed by atoms with Crippen LogP contribution >= 0.6 is 0 Å². The lowest BCUT2D eigenvalue weighted by molar-refractivity contribution is 0.289. The fraction of sp³-hybridized carbons (Fsp3) is 0.381. The summed E-state index contributed by atoms with van der Waals surface area (Å²) in [7, 11) is 1.54. The zero-order chi connectivity index (χ0) is 19.9. The Morgan fingerprint density at radius 1 is 1.11 bits per heavy atom. The number of methoxy groups -OCH3 is 1. The van der Waals surface area contributed by atoms with Crippen molar-refractivity contribution in [3.63, 3.8) is 0 Å². The van der Waals surface area contributed by atoms with Gasteiger partial charge in [0.05, 0.1) is 19.1 Å². The number of benzene rings is 1. The summed E-state index contributed by atoms with van der Waals surface area (Å²) in [6, 6.07) is 7.10. The summed E-state index contributed by atoms with van der Waals surface area (Å²) < 4.78 is 12.5. The third-order valence-electron chi connectivity index (χ3n) is 4.66. The first-order valence-electron chi connectivity index (χ1n) is 9.51. The molecule has 0 fully saturated rings. The van der Waals surface area contributed by atoms with Gasteiger partial charge in [-0.05, 0) is 42.7 Å². The largest absolute Gasteiger partial charge is 0.493 e. The number of ether oxygens (including phenoxy) is 2. The van der Waals surface area contributed by atoms with Crippen molar-refractivity contribution in [2.45, 2.75) is 39.2 Å². The van der Waals surface area contributed by atoms with E-state index in [0.717, 1.165) is 24.8 Å². The van der Waals surface area contributed by atoms with Crippen molar-refractivity contribution >= 4 is 10.9 Å². The highest BCUT2D eigenvalue weighted by molar-refractivity contribution is 5.86. The second-order valence-electron chi connectivity index (χ2n) is 6.57. The highest BCUT2D eigenvalue weighted by Crippen LogP contribution is 2.32. The minimum atomic E-state index is -0.460. The van der Waals surface area contributed by atoms with Gasteiger partial charge in [-0.25, -0.2) is 4.79 Å². The van der Waals surface area contributed by atoms with E-state index in [1.54, 1.807) is 24.5 Å². The van der Waals surface area contributed by atoms with Crippen molar-refractivity contribution in [2.24, 2.45) is 0 Å². The maximum absolute atomic E-state index is 12.9. The Morgan fingerprint density at radius 2 is 1.89 bits per heavy atom. The summed E-state index contributed by atoms with van der Waals surface area (Å²) in [6.07, 6.45) is 6.96. The van der Waals surface area contributed by atoms with Crippen LogP contribution in [0, 0.1) is 0 Å². The van der Waals surface area contributed by atoms with Crippen molar-refractivity contribution in [1.82, 2.24) is 14.5 Å². The van der Waals surface area contributed by atoms with Crippen LogP contribution in [-0.2, 0) is 13.0 Å². The molecule has 2 heterocycles. The van der Waals surface area contributed by atoms with Crippen LogP contribution in [0.1, 0.15) is 31.7 Å². The van der Waals surface area contributed by atoms with Gasteiger partial charge in [0, 0.05) is 18.9 Å². The van der Waals surface area contributed by atoms with Crippen molar-refractivity contribution in [3.8, 4) is 11.5 Å². The Kier molecular flexibility index (Phi) is 6.47. The molecule has 7 nitrogen and oxygen atoms in total. The highest BCUT2D eigenvalue weighted by atomic mass is 16.5. The molecule has 3 aromatic rings. The van der Waals surface area contributed by atoms with Crippen molar-refractivity contribution in [2.75, 3.05) is 13.7 Å². The molecule has 0 unspecified atom stereocenters. The lowest BCUT2D eigenvalue weighted by Crippen LogP contribution is -2.35. The molecule has 148 valence electrons. The number of aromatic nitrogens is 3. The molecular formula is C21H25N3O4. The number of hydrogen-bond donors (Lipinski definition) is 1. The third kappa shape index (κ3) is 4.24. The summed E-state index contributed by atoms with van der Waals surface area (Å²) in [5.74, 6) is 0.903. The minimum Gasteiger partial charge on any atom is -0.493 e. The summed E-state index contributed by atoms with van der Waals surface area (Å²) in [5, 5.41) is 0.403. The smallest absolute Gasteiger partial charge is 0.328 e. The predicted octanol–water partition coefficient (Wildman–Crippen LogP) is 2.91. The normalized spacial score (nSPS) is 10.9. The predicted molar refractivity (Wildman–Crippen MR) is 108 cm³/mol. The Bertz CT molecular complexity index is 1040. The molecular weight excluding hydrogens is 358 g/mol. The zero-order valence-corrected chi connectivity index (χ0v) is 16.2. The molecule has 7 heteroatoms. The minimum absolute atomic E-state index is 0.285. The number of pyridine rings is 1. The van der Waals surface area contributed by atoms with Gasteiger partial charge in [0.15, 0.2) is 11.5 Å². The van der Waals surface area contributed by atoms with Crippen LogP contribution in [0.2, 0.25) is 0 Å². The number of nitrogens with zero attached hydrogens (tertiary/aromatic N) is 2. The molecule has 0 amide bonds. The Labute approximate surface area is 163 Å². The molecule has 3 rings (SSSR count). The fourth-order valence-electron chi connectivity index (χ4n) is 3.10. The maximum Gasteiger partial charge on any atom is 0.328 e. The molecule has 0 aliphatic heterocycles. The number of unbranched alkanes of at least 4 members (excludes halogenated alkanes) is 2. The van der Waals surface area contributed by atoms with Gasteiger partial charge in [-0.1, -0.05) is 19.8 Å². The molecule has 2 aromatic heterocycles. The first-order valence-corrected chi connectivity index (χ1v) is 9.51. The number of aryl methyl sites for hydroxylation is 1. The molecule has 0 aliphatic carbocycles. The first-order chi connectivity index (χ1) is 13.7. The van der Waals surface area contributed by atoms with Gasteiger partial charge in [0.1, 0.15) is 5.52 Å². The summed E-state index contributed by atoms with van der Waals surface area (Å²) >= 11 is 0. The monoisotopic (exact) mass is 383 g/mol. The van der Waals surface area contributed by atoms with E-state index in [2.05, 4.69) is 16.9 Å². The molecule has 28 heavy (non-hydrogen) atoms. The zero-order valence-electron chi connectivity index (χ0n) is 16.2. The second-order valence-corrected chi connectivity index (χ2v) is 6.57. The highest BCUT2D eigenvalue weighted by Gasteiger charge is 2.16. The van der Waals surface area contributed by atoms with Crippen molar-refractivity contribution in [3.05, 3.63) is 63.1 Å². The number of hydrogen-bond acceptors (Lipinski definition) is 5. The van der Waals surface area contributed by atoms with E-state index < -0.39 is 5.69 Å². The first kappa shape index (κ1) is 19.7. The Balaban J connectivity index is 1.96. The Hall–Kier alpha value is -3.09. The Morgan fingerprint density at radius 3 is 2.61 bits per heavy atom.